The van der Waals surface area contributed by atoms with E-state index in [4.69, 9.17) is 14.2 Å². The first-order valence-electron chi connectivity index (χ1n) is 25.5. The fourth-order valence-electron chi connectivity index (χ4n) is 6.91. The summed E-state index contributed by atoms with van der Waals surface area (Å²) in [5.74, 6) is -0.408. The predicted octanol–water partition coefficient (Wildman–Crippen LogP) is 17.1. The van der Waals surface area contributed by atoms with E-state index in [1.807, 2.05) is 0 Å². The molecule has 0 saturated carbocycles. The molecule has 346 valence electrons. The van der Waals surface area contributed by atoms with Gasteiger partial charge in [0.05, 0.1) is 0 Å². The molecule has 0 heterocycles. The Morgan fingerprint density at radius 2 is 0.717 bits per heavy atom. The van der Waals surface area contributed by atoms with Crippen molar-refractivity contribution >= 4 is 11.9 Å². The van der Waals surface area contributed by atoms with Gasteiger partial charge in [0, 0.05) is 19.4 Å². The number of unbranched alkanes of at least 4 members (excludes halogenated alkanes) is 23. The maximum absolute atomic E-state index is 12.6. The number of ether oxygens (including phenoxy) is 3. The summed E-state index contributed by atoms with van der Waals surface area (Å²) in [5.41, 5.74) is 0. The minimum Gasteiger partial charge on any atom is -0.463 e. The van der Waals surface area contributed by atoms with Crippen LogP contribution in [0.25, 0.3) is 0 Å². The van der Waals surface area contributed by atoms with Gasteiger partial charge >= 0.3 is 11.9 Å². The summed E-state index contributed by atoms with van der Waals surface area (Å²) in [4.78, 5) is 25.1. The minimum absolute atomic E-state index is 0.125. The highest BCUT2D eigenvalue weighted by Crippen LogP contribution is 2.15. The molecule has 0 fully saturated rings. The first kappa shape index (κ1) is 57.3. The molecular formula is C55H96O5. The van der Waals surface area contributed by atoms with Crippen LogP contribution in [-0.4, -0.2) is 37.9 Å². The zero-order chi connectivity index (χ0) is 43.5. The number of carbonyl (C=O) groups is 2. The molecule has 60 heavy (non-hydrogen) atoms. The third-order valence-corrected chi connectivity index (χ3v) is 10.8. The monoisotopic (exact) mass is 837 g/mol. The van der Waals surface area contributed by atoms with E-state index in [9.17, 15) is 9.59 Å². The van der Waals surface area contributed by atoms with Crippen molar-refractivity contribution in [2.24, 2.45) is 0 Å². The summed E-state index contributed by atoms with van der Waals surface area (Å²) in [5, 5.41) is 0. The Labute approximate surface area is 372 Å². The van der Waals surface area contributed by atoms with Gasteiger partial charge in [0.15, 0.2) is 0 Å². The molecular weight excluding hydrogens is 741 g/mol. The van der Waals surface area contributed by atoms with Crippen molar-refractivity contribution in [1.29, 1.82) is 0 Å². The van der Waals surface area contributed by atoms with Crippen molar-refractivity contribution in [1.82, 2.24) is 0 Å². The van der Waals surface area contributed by atoms with Crippen molar-refractivity contribution in [3.05, 3.63) is 72.9 Å². The Morgan fingerprint density at radius 1 is 0.367 bits per heavy atom. The highest BCUT2D eigenvalue weighted by molar-refractivity contribution is 5.69. The topological polar surface area (TPSA) is 61.8 Å². The zero-order valence-corrected chi connectivity index (χ0v) is 39.7. The molecule has 0 aliphatic rings. The van der Waals surface area contributed by atoms with Crippen LogP contribution < -0.4 is 0 Å². The van der Waals surface area contributed by atoms with Gasteiger partial charge in [-0.3, -0.25) is 9.59 Å². The van der Waals surface area contributed by atoms with Crippen LogP contribution in [0.3, 0.4) is 0 Å². The Bertz CT molecular complexity index is 1080. The SMILES string of the molecule is CC/C=C\C/C=C\C/C=C\C/C=C\C/C=C\CCCC(=O)OC[C@H](COC(=O)CCCCCCC/C=C\CCCC)OCCCCCCCCCCCCCCCCCC. The van der Waals surface area contributed by atoms with Crippen LogP contribution in [0.5, 0.6) is 0 Å². The molecule has 0 aromatic carbocycles. The van der Waals surface area contributed by atoms with E-state index >= 15 is 0 Å². The third kappa shape index (κ3) is 48.0. The summed E-state index contributed by atoms with van der Waals surface area (Å²) in [7, 11) is 0. The number of rotatable bonds is 46. The van der Waals surface area contributed by atoms with Gasteiger partial charge in [-0.15, -0.1) is 0 Å². The quantitative estimate of drug-likeness (QED) is 0.0347. The lowest BCUT2D eigenvalue weighted by atomic mass is 10.0. The molecule has 0 unspecified atom stereocenters. The molecule has 0 N–H and O–H groups in total. The molecule has 1 atom stereocenters. The van der Waals surface area contributed by atoms with Crippen LogP contribution in [0.4, 0.5) is 0 Å². The number of hydrogen-bond donors (Lipinski definition) is 0. The number of carbonyl (C=O) groups excluding carboxylic acids is 2. The summed E-state index contributed by atoms with van der Waals surface area (Å²) in [6.07, 6.45) is 65.1. The number of allylic oxidation sites excluding steroid dienone is 12. The predicted molar refractivity (Wildman–Crippen MR) is 260 cm³/mol. The standard InChI is InChI=1S/C55H96O5/c1-4-7-10-13-16-19-22-24-26-28-29-31-34-37-40-43-46-49-55(57)60-52-53(51-59-54(56)48-45-42-39-36-33-21-18-15-12-9-6-3)58-50-47-44-41-38-35-32-30-27-25-23-20-17-14-11-8-5-2/h7,10,15-16,18-19,24,26,29,31,37,40,53H,4-6,8-9,11-14,17,20-23,25,27-28,30,32-36,38-39,41-52H2,1-3H3/b10-7-,18-15-,19-16-,26-24-,31-29-,40-37-/t53-/m0/s1. The maximum atomic E-state index is 12.6. The van der Waals surface area contributed by atoms with Crippen LogP contribution in [0.15, 0.2) is 72.9 Å². The van der Waals surface area contributed by atoms with Crippen molar-refractivity contribution in [2.75, 3.05) is 19.8 Å². The van der Waals surface area contributed by atoms with E-state index in [1.165, 1.54) is 122 Å². The highest BCUT2D eigenvalue weighted by Gasteiger charge is 2.16. The van der Waals surface area contributed by atoms with E-state index in [0.29, 0.717) is 19.4 Å². The third-order valence-electron chi connectivity index (χ3n) is 10.8. The largest absolute Gasteiger partial charge is 0.463 e. The molecule has 0 spiro atoms. The fourth-order valence-corrected chi connectivity index (χ4v) is 6.91. The van der Waals surface area contributed by atoms with E-state index in [0.717, 1.165) is 83.5 Å². The summed E-state index contributed by atoms with van der Waals surface area (Å²) >= 11 is 0. The minimum atomic E-state index is -0.425. The van der Waals surface area contributed by atoms with Crippen molar-refractivity contribution in [3.63, 3.8) is 0 Å². The van der Waals surface area contributed by atoms with Crippen LogP contribution in [0.1, 0.15) is 239 Å². The molecule has 0 aromatic rings. The molecule has 0 aromatic heterocycles. The Balaban J connectivity index is 4.33. The van der Waals surface area contributed by atoms with Crippen molar-refractivity contribution < 1.29 is 23.8 Å². The van der Waals surface area contributed by atoms with Crippen LogP contribution in [-0.2, 0) is 23.8 Å². The number of hydrogen-bond acceptors (Lipinski definition) is 5. The average Bonchev–Trinajstić information content (AvgIpc) is 3.25. The van der Waals surface area contributed by atoms with Crippen LogP contribution in [0.2, 0.25) is 0 Å². The Morgan fingerprint density at radius 3 is 1.20 bits per heavy atom. The van der Waals surface area contributed by atoms with Gasteiger partial charge in [-0.2, -0.15) is 0 Å². The van der Waals surface area contributed by atoms with E-state index in [1.54, 1.807) is 0 Å². The van der Waals surface area contributed by atoms with E-state index in [2.05, 4.69) is 93.7 Å². The second-order valence-electron chi connectivity index (χ2n) is 16.7. The Kier molecular flexibility index (Phi) is 48.4. The van der Waals surface area contributed by atoms with Gasteiger partial charge in [-0.1, -0.05) is 222 Å². The molecule has 0 amide bonds. The molecule has 0 saturated heterocycles. The van der Waals surface area contributed by atoms with Crippen LogP contribution in [0, 0.1) is 0 Å². The van der Waals surface area contributed by atoms with Crippen LogP contribution >= 0.6 is 0 Å². The highest BCUT2D eigenvalue weighted by atomic mass is 16.6. The smallest absolute Gasteiger partial charge is 0.305 e. The lowest BCUT2D eigenvalue weighted by Crippen LogP contribution is -2.29. The van der Waals surface area contributed by atoms with E-state index < -0.39 is 6.10 Å². The zero-order valence-electron chi connectivity index (χ0n) is 39.7. The van der Waals surface area contributed by atoms with Gasteiger partial charge < -0.3 is 14.2 Å². The molecule has 5 heteroatoms. The van der Waals surface area contributed by atoms with Gasteiger partial charge in [-0.25, -0.2) is 0 Å². The maximum Gasteiger partial charge on any atom is 0.305 e. The lowest BCUT2D eigenvalue weighted by Gasteiger charge is -2.18. The Hall–Kier alpha value is -2.66. The van der Waals surface area contributed by atoms with Gasteiger partial charge in [0.2, 0.25) is 0 Å². The molecule has 5 nitrogen and oxygen atoms in total. The summed E-state index contributed by atoms with van der Waals surface area (Å²) in [6, 6.07) is 0. The second-order valence-corrected chi connectivity index (χ2v) is 16.7. The van der Waals surface area contributed by atoms with Crippen molar-refractivity contribution in [2.45, 2.75) is 245 Å². The molecule has 0 bridgehead atoms. The molecule has 0 radical (unpaired) electrons. The second kappa shape index (κ2) is 50.7. The molecule has 0 aliphatic carbocycles. The molecule has 0 rings (SSSR count). The first-order valence-corrected chi connectivity index (χ1v) is 25.5. The van der Waals surface area contributed by atoms with Gasteiger partial charge in [0.25, 0.3) is 0 Å². The van der Waals surface area contributed by atoms with Gasteiger partial charge in [-0.05, 0) is 77.0 Å². The lowest BCUT2D eigenvalue weighted by molar-refractivity contribution is -0.155. The fraction of sp³-hybridized carbons (Fsp3) is 0.745. The average molecular weight is 837 g/mol. The summed E-state index contributed by atoms with van der Waals surface area (Å²) < 4.78 is 17.4. The van der Waals surface area contributed by atoms with Crippen molar-refractivity contribution in [3.8, 4) is 0 Å². The normalized spacial score (nSPS) is 12.8. The van der Waals surface area contributed by atoms with Gasteiger partial charge in [0.1, 0.15) is 19.3 Å². The summed E-state index contributed by atoms with van der Waals surface area (Å²) in [6.45, 7) is 7.52. The molecule has 0 aliphatic heterocycles. The van der Waals surface area contributed by atoms with E-state index in [-0.39, 0.29) is 25.2 Å². The first-order chi connectivity index (χ1) is 29.6. The number of esters is 2.